The number of hydrogen-bond acceptors (Lipinski definition) is 3. The van der Waals surface area contributed by atoms with Gasteiger partial charge in [0.25, 0.3) is 0 Å². The molecule has 1 atom stereocenters. The predicted molar refractivity (Wildman–Crippen MR) is 54.7 cm³/mol. The van der Waals surface area contributed by atoms with Crippen LogP contribution >= 0.6 is 0 Å². The van der Waals surface area contributed by atoms with Gasteiger partial charge >= 0.3 is 5.97 Å². The third kappa shape index (κ3) is 2.67. The molecule has 0 aliphatic rings. The lowest BCUT2D eigenvalue weighted by molar-refractivity contribution is 0.0526. The zero-order valence-corrected chi connectivity index (χ0v) is 8.97. The molecule has 0 N–H and O–H groups in total. The SMILES string of the molecule is CCOC(=O)c1ccc(S(C)=O)cc1. The minimum absolute atomic E-state index is 0.346. The molecule has 0 aliphatic heterocycles. The summed E-state index contributed by atoms with van der Waals surface area (Å²) < 4.78 is 15.9. The highest BCUT2D eigenvalue weighted by Gasteiger charge is 2.06. The largest absolute Gasteiger partial charge is 0.462 e. The Bertz CT molecular complexity index is 343. The number of ether oxygens (including phenoxy) is 1. The third-order valence-electron chi connectivity index (χ3n) is 1.70. The summed E-state index contributed by atoms with van der Waals surface area (Å²) in [5.74, 6) is -0.346. The van der Waals surface area contributed by atoms with Crippen molar-refractivity contribution in [1.29, 1.82) is 0 Å². The van der Waals surface area contributed by atoms with E-state index in [-0.39, 0.29) is 5.97 Å². The fourth-order valence-electron chi connectivity index (χ4n) is 0.997. The summed E-state index contributed by atoms with van der Waals surface area (Å²) in [4.78, 5) is 11.9. The molecule has 0 aliphatic carbocycles. The molecule has 0 heterocycles. The molecule has 0 bridgehead atoms. The summed E-state index contributed by atoms with van der Waals surface area (Å²) in [7, 11) is -1.01. The Kier molecular flexibility index (Phi) is 3.83. The molecule has 0 saturated carbocycles. The van der Waals surface area contributed by atoms with Gasteiger partial charge in [0.15, 0.2) is 0 Å². The Morgan fingerprint density at radius 1 is 1.36 bits per heavy atom. The molecule has 76 valence electrons. The van der Waals surface area contributed by atoms with Crippen LogP contribution in [0.3, 0.4) is 0 Å². The van der Waals surface area contributed by atoms with Crippen molar-refractivity contribution in [1.82, 2.24) is 0 Å². The Morgan fingerprint density at radius 2 is 1.93 bits per heavy atom. The van der Waals surface area contributed by atoms with Crippen molar-refractivity contribution in [2.45, 2.75) is 11.8 Å². The van der Waals surface area contributed by atoms with Crippen LogP contribution in [0.15, 0.2) is 29.2 Å². The molecule has 3 nitrogen and oxygen atoms in total. The zero-order valence-electron chi connectivity index (χ0n) is 8.15. The van der Waals surface area contributed by atoms with Gasteiger partial charge in [0.1, 0.15) is 0 Å². The highest BCUT2D eigenvalue weighted by molar-refractivity contribution is 7.84. The number of rotatable bonds is 3. The summed E-state index contributed by atoms with van der Waals surface area (Å²) in [5, 5.41) is 0. The molecule has 0 spiro atoms. The second-order valence-electron chi connectivity index (χ2n) is 2.70. The van der Waals surface area contributed by atoms with Gasteiger partial charge in [-0.15, -0.1) is 0 Å². The molecular formula is C10H12O3S. The average Bonchev–Trinajstić information content (AvgIpc) is 2.18. The molecule has 0 radical (unpaired) electrons. The van der Waals surface area contributed by atoms with Crippen molar-refractivity contribution < 1.29 is 13.7 Å². The maximum atomic E-state index is 11.2. The normalized spacial score (nSPS) is 12.1. The summed E-state index contributed by atoms with van der Waals surface area (Å²) in [6.45, 7) is 2.12. The van der Waals surface area contributed by atoms with E-state index < -0.39 is 10.8 Å². The second kappa shape index (κ2) is 4.91. The van der Waals surface area contributed by atoms with Crippen LogP contribution in [0, 0.1) is 0 Å². The van der Waals surface area contributed by atoms with Gasteiger partial charge in [0, 0.05) is 22.0 Å². The lowest BCUT2D eigenvalue weighted by atomic mass is 10.2. The Morgan fingerprint density at radius 3 is 2.36 bits per heavy atom. The molecule has 0 saturated heterocycles. The molecule has 1 unspecified atom stereocenters. The summed E-state index contributed by atoms with van der Waals surface area (Å²) in [5.41, 5.74) is 0.487. The Hall–Kier alpha value is -1.16. The minimum Gasteiger partial charge on any atom is -0.462 e. The van der Waals surface area contributed by atoms with Crippen molar-refractivity contribution in [3.05, 3.63) is 29.8 Å². The van der Waals surface area contributed by atoms with Gasteiger partial charge in [-0.05, 0) is 31.2 Å². The van der Waals surface area contributed by atoms with Gasteiger partial charge in [0.2, 0.25) is 0 Å². The van der Waals surface area contributed by atoms with E-state index in [1.54, 1.807) is 37.4 Å². The van der Waals surface area contributed by atoms with Crippen molar-refractivity contribution in [3.63, 3.8) is 0 Å². The molecule has 0 aromatic heterocycles. The quantitative estimate of drug-likeness (QED) is 0.715. The number of carbonyl (C=O) groups excluding carboxylic acids is 1. The van der Waals surface area contributed by atoms with E-state index in [4.69, 9.17) is 4.74 Å². The molecular weight excluding hydrogens is 200 g/mol. The van der Waals surface area contributed by atoms with Crippen molar-refractivity contribution in [2.75, 3.05) is 12.9 Å². The topological polar surface area (TPSA) is 43.4 Å². The lowest BCUT2D eigenvalue weighted by Gasteiger charge is -2.01. The first-order valence-electron chi connectivity index (χ1n) is 4.25. The van der Waals surface area contributed by atoms with Crippen molar-refractivity contribution in [2.24, 2.45) is 0 Å². The van der Waals surface area contributed by atoms with Crippen LogP contribution < -0.4 is 0 Å². The first-order valence-corrected chi connectivity index (χ1v) is 5.81. The molecule has 1 aromatic rings. The van der Waals surface area contributed by atoms with E-state index in [9.17, 15) is 9.00 Å². The highest BCUT2D eigenvalue weighted by atomic mass is 32.2. The lowest BCUT2D eigenvalue weighted by Crippen LogP contribution is -2.04. The number of esters is 1. The monoisotopic (exact) mass is 212 g/mol. The zero-order chi connectivity index (χ0) is 10.6. The van der Waals surface area contributed by atoms with Gasteiger partial charge in [-0.3, -0.25) is 4.21 Å². The van der Waals surface area contributed by atoms with Crippen LogP contribution in [-0.4, -0.2) is 23.0 Å². The fourth-order valence-corrected chi connectivity index (χ4v) is 1.52. The maximum absolute atomic E-state index is 11.2. The van der Waals surface area contributed by atoms with Crippen LogP contribution in [0.2, 0.25) is 0 Å². The Balaban J connectivity index is 2.83. The molecule has 1 aromatic carbocycles. The standard InChI is InChI=1S/C10H12O3S/c1-3-13-10(11)8-4-6-9(7-5-8)14(2)12/h4-7H,3H2,1-2H3. The van der Waals surface area contributed by atoms with Crippen molar-refractivity contribution in [3.8, 4) is 0 Å². The number of benzene rings is 1. The van der Waals surface area contributed by atoms with Gasteiger partial charge in [-0.2, -0.15) is 0 Å². The van der Waals surface area contributed by atoms with E-state index in [2.05, 4.69) is 0 Å². The Labute approximate surface area is 85.5 Å². The van der Waals surface area contributed by atoms with Gasteiger partial charge in [-0.1, -0.05) is 0 Å². The van der Waals surface area contributed by atoms with Crippen LogP contribution in [0.5, 0.6) is 0 Å². The number of hydrogen-bond donors (Lipinski definition) is 0. The minimum atomic E-state index is -1.01. The predicted octanol–water partition coefficient (Wildman–Crippen LogP) is 1.60. The molecule has 14 heavy (non-hydrogen) atoms. The van der Waals surface area contributed by atoms with E-state index in [0.717, 1.165) is 0 Å². The van der Waals surface area contributed by atoms with E-state index in [0.29, 0.717) is 17.1 Å². The second-order valence-corrected chi connectivity index (χ2v) is 4.08. The highest BCUT2D eigenvalue weighted by Crippen LogP contribution is 2.08. The summed E-state index contributed by atoms with van der Waals surface area (Å²) >= 11 is 0. The fraction of sp³-hybridized carbons (Fsp3) is 0.300. The van der Waals surface area contributed by atoms with E-state index in [1.165, 1.54) is 0 Å². The van der Waals surface area contributed by atoms with Crippen LogP contribution in [0.4, 0.5) is 0 Å². The average molecular weight is 212 g/mol. The number of carbonyl (C=O) groups is 1. The van der Waals surface area contributed by atoms with Crippen LogP contribution in [-0.2, 0) is 15.5 Å². The van der Waals surface area contributed by atoms with Gasteiger partial charge < -0.3 is 4.74 Å². The molecule has 1 rings (SSSR count). The van der Waals surface area contributed by atoms with Crippen LogP contribution in [0.25, 0.3) is 0 Å². The smallest absolute Gasteiger partial charge is 0.338 e. The summed E-state index contributed by atoms with van der Waals surface area (Å²) in [6.07, 6.45) is 1.60. The molecule has 4 heteroatoms. The van der Waals surface area contributed by atoms with E-state index >= 15 is 0 Å². The maximum Gasteiger partial charge on any atom is 0.338 e. The van der Waals surface area contributed by atoms with Gasteiger partial charge in [0.05, 0.1) is 12.2 Å². The molecule has 0 amide bonds. The van der Waals surface area contributed by atoms with E-state index in [1.807, 2.05) is 0 Å². The molecule has 0 fully saturated rings. The van der Waals surface area contributed by atoms with Gasteiger partial charge in [-0.25, -0.2) is 4.79 Å². The first-order chi connectivity index (χ1) is 6.65. The van der Waals surface area contributed by atoms with Crippen molar-refractivity contribution >= 4 is 16.8 Å². The summed E-state index contributed by atoms with van der Waals surface area (Å²) in [6, 6.07) is 6.58. The first kappa shape index (κ1) is 10.9. The third-order valence-corrected chi connectivity index (χ3v) is 2.63. The van der Waals surface area contributed by atoms with Crippen LogP contribution in [0.1, 0.15) is 17.3 Å².